The van der Waals surface area contributed by atoms with Crippen LogP contribution in [0.15, 0.2) is 42.6 Å². The molecule has 22 heavy (non-hydrogen) atoms. The van der Waals surface area contributed by atoms with Crippen LogP contribution in [0.25, 0.3) is 0 Å². The summed E-state index contributed by atoms with van der Waals surface area (Å²) in [5.41, 5.74) is 0.158. The number of aromatic nitrogens is 1. The van der Waals surface area contributed by atoms with Crippen molar-refractivity contribution in [1.29, 1.82) is 5.26 Å². The van der Waals surface area contributed by atoms with E-state index in [1.165, 1.54) is 0 Å². The first-order valence-electron chi connectivity index (χ1n) is 6.20. The third-order valence-electron chi connectivity index (χ3n) is 2.83. The number of nitriles is 1. The van der Waals surface area contributed by atoms with Crippen LogP contribution in [-0.4, -0.2) is 10.9 Å². The van der Waals surface area contributed by atoms with Gasteiger partial charge in [-0.15, -0.1) is 0 Å². The molecule has 1 N–H and O–H groups in total. The van der Waals surface area contributed by atoms with Gasteiger partial charge in [0.15, 0.2) is 0 Å². The number of rotatable bonds is 3. The molecule has 112 valence electrons. The van der Waals surface area contributed by atoms with Gasteiger partial charge in [0.05, 0.1) is 17.2 Å². The molecule has 0 fully saturated rings. The molecule has 0 bridgehead atoms. The Bertz CT molecular complexity index is 718. The highest BCUT2D eigenvalue weighted by Crippen LogP contribution is 2.27. The molecule has 1 aromatic heterocycles. The number of hydrogen-bond donors (Lipinski definition) is 1. The molecule has 0 spiro atoms. The van der Waals surface area contributed by atoms with Gasteiger partial charge in [-0.25, -0.2) is 0 Å². The largest absolute Gasteiger partial charge is 0.433 e. The van der Waals surface area contributed by atoms with Crippen molar-refractivity contribution in [3.63, 3.8) is 0 Å². The molecule has 1 amide bonds. The fraction of sp³-hybridized carbons (Fsp3) is 0.133. The molecule has 0 unspecified atom stereocenters. The lowest BCUT2D eigenvalue weighted by Gasteiger charge is -2.08. The standard InChI is InChI=1S/C15H10F3N3O/c16-15(17,18)13-5-4-12(9-20-13)14(22)21-8-11-3-1-2-10(6-11)7-19/h1-6,9H,8H2,(H,21,22). The van der Waals surface area contributed by atoms with Crippen molar-refractivity contribution in [2.75, 3.05) is 0 Å². The van der Waals surface area contributed by atoms with Crippen LogP contribution in [0.1, 0.15) is 27.2 Å². The van der Waals surface area contributed by atoms with E-state index in [2.05, 4.69) is 10.3 Å². The third kappa shape index (κ3) is 3.82. The van der Waals surface area contributed by atoms with E-state index >= 15 is 0 Å². The predicted molar refractivity (Wildman–Crippen MR) is 71.6 cm³/mol. The van der Waals surface area contributed by atoms with Gasteiger partial charge in [-0.3, -0.25) is 9.78 Å². The van der Waals surface area contributed by atoms with Crippen LogP contribution in [0.3, 0.4) is 0 Å². The van der Waals surface area contributed by atoms with Crippen LogP contribution >= 0.6 is 0 Å². The monoisotopic (exact) mass is 305 g/mol. The summed E-state index contributed by atoms with van der Waals surface area (Å²) in [6, 6.07) is 10.5. The summed E-state index contributed by atoms with van der Waals surface area (Å²) in [4.78, 5) is 15.1. The van der Waals surface area contributed by atoms with E-state index in [-0.39, 0.29) is 12.1 Å². The summed E-state index contributed by atoms with van der Waals surface area (Å²) >= 11 is 0. The number of carbonyl (C=O) groups is 1. The van der Waals surface area contributed by atoms with Crippen LogP contribution in [0, 0.1) is 11.3 Å². The minimum atomic E-state index is -4.53. The molecule has 0 saturated heterocycles. The van der Waals surface area contributed by atoms with E-state index in [9.17, 15) is 18.0 Å². The van der Waals surface area contributed by atoms with Gasteiger partial charge < -0.3 is 5.32 Å². The molecule has 0 saturated carbocycles. The van der Waals surface area contributed by atoms with Crippen molar-refractivity contribution in [3.8, 4) is 6.07 Å². The van der Waals surface area contributed by atoms with E-state index in [0.717, 1.165) is 18.3 Å². The molecular formula is C15H10F3N3O. The summed E-state index contributed by atoms with van der Waals surface area (Å²) in [5.74, 6) is -0.538. The van der Waals surface area contributed by atoms with E-state index < -0.39 is 17.8 Å². The molecule has 1 aromatic carbocycles. The highest BCUT2D eigenvalue weighted by Gasteiger charge is 2.32. The van der Waals surface area contributed by atoms with Crippen molar-refractivity contribution in [1.82, 2.24) is 10.3 Å². The minimum absolute atomic E-state index is 0.0319. The molecule has 7 heteroatoms. The number of halogens is 3. The summed E-state index contributed by atoms with van der Waals surface area (Å²) in [7, 11) is 0. The van der Waals surface area contributed by atoms with Crippen molar-refractivity contribution in [3.05, 3.63) is 65.0 Å². The summed E-state index contributed by atoms with van der Waals surface area (Å²) in [5, 5.41) is 11.3. The maximum absolute atomic E-state index is 12.4. The molecule has 0 atom stereocenters. The van der Waals surface area contributed by atoms with Crippen molar-refractivity contribution >= 4 is 5.91 Å². The Morgan fingerprint density at radius 3 is 2.64 bits per heavy atom. The number of amides is 1. The second-order valence-electron chi connectivity index (χ2n) is 4.42. The Labute approximate surface area is 124 Å². The van der Waals surface area contributed by atoms with E-state index in [1.807, 2.05) is 6.07 Å². The molecule has 0 radical (unpaired) electrons. The molecular weight excluding hydrogens is 295 g/mol. The SMILES string of the molecule is N#Cc1cccc(CNC(=O)c2ccc(C(F)(F)F)nc2)c1. The zero-order valence-electron chi connectivity index (χ0n) is 11.2. The van der Waals surface area contributed by atoms with Crippen molar-refractivity contribution in [2.45, 2.75) is 12.7 Å². The fourth-order valence-electron chi connectivity index (χ4n) is 1.73. The number of pyridine rings is 1. The Morgan fingerprint density at radius 2 is 2.05 bits per heavy atom. The van der Waals surface area contributed by atoms with Gasteiger partial charge in [0, 0.05) is 12.7 Å². The predicted octanol–water partition coefficient (Wildman–Crippen LogP) is 2.90. The van der Waals surface area contributed by atoms with Crippen LogP contribution in [0.5, 0.6) is 0 Å². The van der Waals surface area contributed by atoms with Crippen LogP contribution in [-0.2, 0) is 12.7 Å². The molecule has 0 aliphatic heterocycles. The molecule has 2 rings (SSSR count). The van der Waals surface area contributed by atoms with Gasteiger partial charge in [-0.2, -0.15) is 18.4 Å². The third-order valence-corrected chi connectivity index (χ3v) is 2.83. The number of alkyl halides is 3. The lowest BCUT2D eigenvalue weighted by molar-refractivity contribution is -0.141. The lowest BCUT2D eigenvalue weighted by atomic mass is 10.1. The number of nitrogens with zero attached hydrogens (tertiary/aromatic N) is 2. The number of carbonyl (C=O) groups excluding carboxylic acids is 1. The molecule has 0 aliphatic rings. The second kappa shape index (κ2) is 6.26. The van der Waals surface area contributed by atoms with E-state index in [0.29, 0.717) is 11.1 Å². The van der Waals surface area contributed by atoms with Gasteiger partial charge in [-0.05, 0) is 29.8 Å². The Balaban J connectivity index is 2.02. The summed E-state index contributed by atoms with van der Waals surface area (Å²) < 4.78 is 37.1. The van der Waals surface area contributed by atoms with E-state index in [4.69, 9.17) is 5.26 Å². The Morgan fingerprint density at radius 1 is 1.27 bits per heavy atom. The van der Waals surface area contributed by atoms with Crippen molar-refractivity contribution in [2.24, 2.45) is 0 Å². The zero-order chi connectivity index (χ0) is 16.2. The number of benzene rings is 1. The Kier molecular flexibility index (Phi) is 4.41. The summed E-state index contributed by atoms with van der Waals surface area (Å²) in [6.07, 6.45) is -3.66. The first-order chi connectivity index (χ1) is 10.4. The fourth-order valence-corrected chi connectivity index (χ4v) is 1.73. The van der Waals surface area contributed by atoms with Gasteiger partial charge in [-0.1, -0.05) is 12.1 Å². The second-order valence-corrected chi connectivity index (χ2v) is 4.42. The normalized spacial score (nSPS) is 10.8. The highest BCUT2D eigenvalue weighted by atomic mass is 19.4. The quantitative estimate of drug-likeness (QED) is 0.948. The van der Waals surface area contributed by atoms with Crippen LogP contribution in [0.2, 0.25) is 0 Å². The maximum atomic E-state index is 12.4. The molecule has 1 heterocycles. The average Bonchev–Trinajstić information content (AvgIpc) is 2.52. The topological polar surface area (TPSA) is 65.8 Å². The highest BCUT2D eigenvalue weighted by molar-refractivity contribution is 5.93. The minimum Gasteiger partial charge on any atom is -0.348 e. The molecule has 0 aliphatic carbocycles. The maximum Gasteiger partial charge on any atom is 0.433 e. The zero-order valence-corrected chi connectivity index (χ0v) is 11.2. The van der Waals surface area contributed by atoms with E-state index in [1.54, 1.807) is 24.3 Å². The first kappa shape index (κ1) is 15.5. The lowest BCUT2D eigenvalue weighted by Crippen LogP contribution is -2.23. The molecule has 4 nitrogen and oxygen atoms in total. The van der Waals surface area contributed by atoms with Gasteiger partial charge in [0.2, 0.25) is 0 Å². The average molecular weight is 305 g/mol. The first-order valence-corrected chi connectivity index (χ1v) is 6.20. The molecule has 2 aromatic rings. The number of hydrogen-bond acceptors (Lipinski definition) is 3. The Hall–Kier alpha value is -2.88. The summed E-state index contributed by atoms with van der Waals surface area (Å²) in [6.45, 7) is 0.162. The van der Waals surface area contributed by atoms with Crippen LogP contribution in [0.4, 0.5) is 13.2 Å². The number of nitrogens with one attached hydrogen (secondary N) is 1. The van der Waals surface area contributed by atoms with Gasteiger partial charge in [0.25, 0.3) is 5.91 Å². The van der Waals surface area contributed by atoms with Gasteiger partial charge in [0.1, 0.15) is 5.69 Å². The smallest absolute Gasteiger partial charge is 0.348 e. The van der Waals surface area contributed by atoms with Crippen LogP contribution < -0.4 is 5.32 Å². The van der Waals surface area contributed by atoms with Crippen molar-refractivity contribution < 1.29 is 18.0 Å². The van der Waals surface area contributed by atoms with Gasteiger partial charge >= 0.3 is 6.18 Å².